The number of carbonyl (C=O) groups excluding carboxylic acids is 1. The summed E-state index contributed by atoms with van der Waals surface area (Å²) in [6, 6.07) is 15.9. The van der Waals surface area contributed by atoms with E-state index in [1.807, 2.05) is 49.5 Å². The van der Waals surface area contributed by atoms with E-state index in [0.29, 0.717) is 21.5 Å². The van der Waals surface area contributed by atoms with Crippen molar-refractivity contribution < 1.29 is 9.18 Å². The van der Waals surface area contributed by atoms with E-state index in [9.17, 15) is 9.18 Å². The number of thiocarbonyl (C=S) groups is 1. The van der Waals surface area contributed by atoms with E-state index in [1.54, 1.807) is 21.7 Å². The second-order valence-electron chi connectivity index (χ2n) is 6.55. The number of hydrogen-bond acceptors (Lipinski definition) is 4. The molecule has 0 radical (unpaired) electrons. The second-order valence-corrected chi connectivity index (χ2v) is 8.23. The zero-order chi connectivity index (χ0) is 20.4. The fourth-order valence-corrected chi connectivity index (χ4v) is 4.40. The minimum Gasteiger partial charge on any atom is -0.293 e. The molecule has 0 N–H and O–H groups in total. The standard InChI is InChI=1S/C22H18FN3OS2/c1-2-12-25-21(27)19(29-22(25)28)13-16-14-26(18-6-4-3-5-7-18)24-20(16)15-8-10-17(23)11-9-15/h3-11,13-14H,2,12H2,1H3/b19-13-. The molecule has 2 heterocycles. The number of para-hydroxylation sites is 1. The number of thioether (sulfide) groups is 1. The molecule has 0 unspecified atom stereocenters. The number of amides is 1. The third-order valence-electron chi connectivity index (χ3n) is 4.49. The van der Waals surface area contributed by atoms with E-state index >= 15 is 0 Å². The van der Waals surface area contributed by atoms with Gasteiger partial charge in [-0.15, -0.1) is 0 Å². The summed E-state index contributed by atoms with van der Waals surface area (Å²) in [7, 11) is 0. The maximum absolute atomic E-state index is 13.4. The van der Waals surface area contributed by atoms with Crippen LogP contribution in [0.5, 0.6) is 0 Å². The van der Waals surface area contributed by atoms with Crippen LogP contribution in [0.15, 0.2) is 65.7 Å². The van der Waals surface area contributed by atoms with Crippen LogP contribution in [0.2, 0.25) is 0 Å². The van der Waals surface area contributed by atoms with E-state index in [1.165, 1.54) is 23.9 Å². The molecule has 3 aromatic rings. The molecule has 0 spiro atoms. The average molecular weight is 424 g/mol. The lowest BCUT2D eigenvalue weighted by Crippen LogP contribution is -2.28. The van der Waals surface area contributed by atoms with Crippen LogP contribution in [-0.4, -0.2) is 31.5 Å². The number of aromatic nitrogens is 2. The zero-order valence-corrected chi connectivity index (χ0v) is 17.3. The molecule has 0 aliphatic carbocycles. The Hall–Kier alpha value is -2.77. The van der Waals surface area contributed by atoms with Crippen LogP contribution < -0.4 is 0 Å². The minimum absolute atomic E-state index is 0.0839. The summed E-state index contributed by atoms with van der Waals surface area (Å²) in [4.78, 5) is 15.0. The largest absolute Gasteiger partial charge is 0.293 e. The molecule has 4 rings (SSSR count). The van der Waals surface area contributed by atoms with Gasteiger partial charge in [0.1, 0.15) is 10.1 Å². The normalized spacial score (nSPS) is 15.5. The van der Waals surface area contributed by atoms with Crippen LogP contribution in [-0.2, 0) is 4.79 Å². The molecule has 1 amide bonds. The molecule has 1 aromatic heterocycles. The first-order valence-electron chi connectivity index (χ1n) is 9.23. The molecule has 0 atom stereocenters. The van der Waals surface area contributed by atoms with Gasteiger partial charge in [-0.1, -0.05) is 49.1 Å². The van der Waals surface area contributed by atoms with Gasteiger partial charge in [0, 0.05) is 23.9 Å². The van der Waals surface area contributed by atoms with Crippen molar-refractivity contribution in [3.05, 3.63) is 77.1 Å². The highest BCUT2D eigenvalue weighted by Crippen LogP contribution is 2.35. The van der Waals surface area contributed by atoms with Crippen molar-refractivity contribution in [2.75, 3.05) is 6.54 Å². The Balaban J connectivity index is 1.79. The van der Waals surface area contributed by atoms with Crippen LogP contribution in [0.4, 0.5) is 4.39 Å². The van der Waals surface area contributed by atoms with Gasteiger partial charge in [0.15, 0.2) is 0 Å². The van der Waals surface area contributed by atoms with E-state index < -0.39 is 0 Å². The lowest BCUT2D eigenvalue weighted by Gasteiger charge is -2.11. The number of benzene rings is 2. The van der Waals surface area contributed by atoms with Crippen LogP contribution in [0.1, 0.15) is 18.9 Å². The summed E-state index contributed by atoms with van der Waals surface area (Å²) in [6.45, 7) is 2.62. The lowest BCUT2D eigenvalue weighted by molar-refractivity contribution is -0.122. The van der Waals surface area contributed by atoms with Gasteiger partial charge in [0.2, 0.25) is 0 Å². The lowest BCUT2D eigenvalue weighted by atomic mass is 10.1. The van der Waals surface area contributed by atoms with Crippen molar-refractivity contribution >= 4 is 40.3 Å². The van der Waals surface area contributed by atoms with Crippen LogP contribution in [0.3, 0.4) is 0 Å². The average Bonchev–Trinajstić information content (AvgIpc) is 3.26. The van der Waals surface area contributed by atoms with Crippen LogP contribution >= 0.6 is 24.0 Å². The molecule has 4 nitrogen and oxygen atoms in total. The number of nitrogens with zero attached hydrogens (tertiary/aromatic N) is 3. The number of halogens is 1. The van der Waals surface area contributed by atoms with Crippen molar-refractivity contribution in [3.63, 3.8) is 0 Å². The molecular formula is C22H18FN3OS2. The van der Waals surface area contributed by atoms with Gasteiger partial charge in [-0.3, -0.25) is 9.69 Å². The summed E-state index contributed by atoms with van der Waals surface area (Å²) in [5.41, 5.74) is 3.12. The summed E-state index contributed by atoms with van der Waals surface area (Å²) in [5, 5.41) is 4.70. The molecule has 7 heteroatoms. The van der Waals surface area contributed by atoms with Crippen molar-refractivity contribution in [3.8, 4) is 16.9 Å². The molecule has 0 bridgehead atoms. The Labute approximate surface area is 178 Å². The van der Waals surface area contributed by atoms with Crippen molar-refractivity contribution in [2.24, 2.45) is 0 Å². The van der Waals surface area contributed by atoms with Gasteiger partial charge in [0.05, 0.1) is 16.3 Å². The summed E-state index contributed by atoms with van der Waals surface area (Å²) in [5.74, 6) is -0.391. The Morgan fingerprint density at radius 3 is 2.55 bits per heavy atom. The summed E-state index contributed by atoms with van der Waals surface area (Å²) < 4.78 is 15.7. The first kappa shape index (κ1) is 19.5. The summed E-state index contributed by atoms with van der Waals surface area (Å²) in [6.07, 6.45) is 4.53. The number of hydrogen-bond donors (Lipinski definition) is 0. The molecule has 1 aliphatic rings. The maximum Gasteiger partial charge on any atom is 0.266 e. The van der Waals surface area contributed by atoms with Crippen LogP contribution in [0, 0.1) is 5.82 Å². The van der Waals surface area contributed by atoms with Crippen molar-refractivity contribution in [1.82, 2.24) is 14.7 Å². The van der Waals surface area contributed by atoms with Gasteiger partial charge >= 0.3 is 0 Å². The monoisotopic (exact) mass is 423 g/mol. The zero-order valence-electron chi connectivity index (χ0n) is 15.7. The fraction of sp³-hybridized carbons (Fsp3) is 0.136. The fourth-order valence-electron chi connectivity index (χ4n) is 3.10. The van der Waals surface area contributed by atoms with E-state index in [0.717, 1.165) is 23.2 Å². The molecule has 2 aromatic carbocycles. The first-order chi connectivity index (χ1) is 14.1. The SMILES string of the molecule is CCCN1C(=O)/C(=C/c2cn(-c3ccccc3)nc2-c2ccc(F)cc2)SC1=S. The number of carbonyl (C=O) groups is 1. The van der Waals surface area contributed by atoms with Gasteiger partial charge < -0.3 is 0 Å². The minimum atomic E-state index is -0.307. The molecular weight excluding hydrogens is 405 g/mol. The van der Waals surface area contributed by atoms with Gasteiger partial charge in [-0.25, -0.2) is 9.07 Å². The number of rotatable bonds is 5. The maximum atomic E-state index is 13.4. The quantitative estimate of drug-likeness (QED) is 0.413. The molecule has 146 valence electrons. The third kappa shape index (κ3) is 4.02. The molecule has 0 saturated carbocycles. The van der Waals surface area contributed by atoms with Crippen LogP contribution in [0.25, 0.3) is 23.0 Å². The molecule has 1 aliphatic heterocycles. The smallest absolute Gasteiger partial charge is 0.266 e. The Kier molecular flexibility index (Phi) is 5.60. The predicted octanol–water partition coefficient (Wildman–Crippen LogP) is 5.29. The Morgan fingerprint density at radius 1 is 1.14 bits per heavy atom. The van der Waals surface area contributed by atoms with Crippen molar-refractivity contribution in [1.29, 1.82) is 0 Å². The van der Waals surface area contributed by atoms with E-state index in [-0.39, 0.29) is 11.7 Å². The molecule has 29 heavy (non-hydrogen) atoms. The third-order valence-corrected chi connectivity index (χ3v) is 5.87. The highest BCUT2D eigenvalue weighted by Gasteiger charge is 2.31. The first-order valence-corrected chi connectivity index (χ1v) is 10.5. The molecule has 1 fully saturated rings. The highest BCUT2D eigenvalue weighted by molar-refractivity contribution is 8.26. The Morgan fingerprint density at radius 2 is 1.86 bits per heavy atom. The topological polar surface area (TPSA) is 38.1 Å². The predicted molar refractivity (Wildman–Crippen MR) is 119 cm³/mol. The van der Waals surface area contributed by atoms with Gasteiger partial charge in [0.25, 0.3) is 5.91 Å². The molecule has 1 saturated heterocycles. The Bertz CT molecular complexity index is 1090. The van der Waals surface area contributed by atoms with E-state index in [4.69, 9.17) is 17.3 Å². The second kappa shape index (κ2) is 8.31. The summed E-state index contributed by atoms with van der Waals surface area (Å²) >= 11 is 6.66. The van der Waals surface area contributed by atoms with Gasteiger partial charge in [-0.2, -0.15) is 5.10 Å². The van der Waals surface area contributed by atoms with Gasteiger partial charge in [-0.05, 0) is 48.9 Å². The van der Waals surface area contributed by atoms with E-state index in [2.05, 4.69) is 0 Å². The highest BCUT2D eigenvalue weighted by atomic mass is 32.2. The van der Waals surface area contributed by atoms with Crippen molar-refractivity contribution in [2.45, 2.75) is 13.3 Å².